The minimum Gasteiger partial charge on any atom is -0.507 e. The average molecular weight is 349 g/mol. The third kappa shape index (κ3) is 2.34. The number of para-hydroxylation sites is 1. The van der Waals surface area contributed by atoms with Gasteiger partial charge in [-0.05, 0) is 36.8 Å². The van der Waals surface area contributed by atoms with Gasteiger partial charge in [0, 0.05) is 17.7 Å². The Kier molecular flexibility index (Phi) is 3.88. The Bertz CT molecular complexity index is 980. The maximum absolute atomic E-state index is 12.9. The number of benzene rings is 2. The molecule has 0 unspecified atom stereocenters. The summed E-state index contributed by atoms with van der Waals surface area (Å²) in [4.78, 5) is 14.6. The summed E-state index contributed by atoms with van der Waals surface area (Å²) in [5.41, 5.74) is 3.39. The van der Waals surface area contributed by atoms with Crippen LogP contribution >= 0.6 is 0 Å². The van der Waals surface area contributed by atoms with E-state index in [1.807, 2.05) is 37.3 Å². The first kappa shape index (κ1) is 16.2. The molecule has 0 bridgehead atoms. The van der Waals surface area contributed by atoms with Gasteiger partial charge in [0.15, 0.2) is 0 Å². The number of carbonyl (C=O) groups excluding carboxylic acids is 1. The summed E-state index contributed by atoms with van der Waals surface area (Å²) in [6.07, 6.45) is 0. The first-order chi connectivity index (χ1) is 12.7. The van der Waals surface area contributed by atoms with Crippen LogP contribution in [0.5, 0.6) is 11.5 Å². The fourth-order valence-corrected chi connectivity index (χ4v) is 3.56. The highest BCUT2D eigenvalue weighted by molar-refractivity contribution is 6.00. The Labute approximate surface area is 151 Å². The number of nitrogens with one attached hydrogen (secondary N) is 1. The van der Waals surface area contributed by atoms with E-state index in [2.05, 4.69) is 10.2 Å². The van der Waals surface area contributed by atoms with E-state index in [-0.39, 0.29) is 17.7 Å². The number of ether oxygens (including phenoxy) is 1. The fraction of sp³-hybridized carbons (Fsp3) is 0.200. The van der Waals surface area contributed by atoms with Crippen LogP contribution in [-0.2, 0) is 0 Å². The molecule has 0 saturated carbocycles. The van der Waals surface area contributed by atoms with Gasteiger partial charge in [0.25, 0.3) is 5.91 Å². The molecule has 1 aromatic heterocycles. The summed E-state index contributed by atoms with van der Waals surface area (Å²) < 4.78 is 5.35. The van der Waals surface area contributed by atoms with Crippen molar-refractivity contribution in [3.63, 3.8) is 0 Å². The number of aromatic hydroxyl groups is 1. The molecule has 1 amide bonds. The molecule has 4 rings (SSSR count). The second kappa shape index (κ2) is 6.22. The molecule has 2 aromatic carbocycles. The van der Waals surface area contributed by atoms with Crippen LogP contribution in [0.25, 0.3) is 11.3 Å². The van der Waals surface area contributed by atoms with Gasteiger partial charge in [0.2, 0.25) is 0 Å². The van der Waals surface area contributed by atoms with E-state index in [1.54, 1.807) is 30.2 Å². The van der Waals surface area contributed by atoms with Crippen molar-refractivity contribution in [2.75, 3.05) is 13.7 Å². The van der Waals surface area contributed by atoms with Gasteiger partial charge in [-0.25, -0.2) is 0 Å². The minimum atomic E-state index is -0.286. The Morgan fingerprint density at radius 1 is 1.23 bits per heavy atom. The van der Waals surface area contributed by atoms with Crippen LogP contribution in [0, 0.1) is 0 Å². The lowest BCUT2D eigenvalue weighted by molar-refractivity contribution is 0.0753. The number of hydrogen-bond donors (Lipinski definition) is 2. The van der Waals surface area contributed by atoms with Crippen LogP contribution in [0.2, 0.25) is 0 Å². The molecule has 2 heterocycles. The van der Waals surface area contributed by atoms with Crippen LogP contribution in [0.3, 0.4) is 0 Å². The van der Waals surface area contributed by atoms with Gasteiger partial charge in [0.1, 0.15) is 22.9 Å². The molecular weight excluding hydrogens is 330 g/mol. The number of H-pyrrole nitrogens is 1. The molecular formula is C20H19N3O3. The van der Waals surface area contributed by atoms with Crippen LogP contribution < -0.4 is 4.74 Å². The topological polar surface area (TPSA) is 78.5 Å². The molecule has 6 heteroatoms. The molecule has 6 nitrogen and oxygen atoms in total. The number of fused-ring (bicyclic) bond motifs is 1. The third-order valence-electron chi connectivity index (χ3n) is 4.77. The molecule has 0 radical (unpaired) electrons. The lowest BCUT2D eigenvalue weighted by Crippen LogP contribution is -2.29. The highest BCUT2D eigenvalue weighted by atomic mass is 16.5. The largest absolute Gasteiger partial charge is 0.507 e. The number of aromatic nitrogens is 2. The molecule has 1 atom stereocenters. The van der Waals surface area contributed by atoms with Crippen molar-refractivity contribution in [1.29, 1.82) is 0 Å². The van der Waals surface area contributed by atoms with Gasteiger partial charge in [-0.15, -0.1) is 0 Å². The molecule has 0 aliphatic carbocycles. The molecule has 0 fully saturated rings. The maximum atomic E-state index is 12.9. The zero-order valence-electron chi connectivity index (χ0n) is 14.6. The number of phenolic OH excluding ortho intramolecular Hbond substituents is 1. The van der Waals surface area contributed by atoms with E-state index in [4.69, 9.17) is 4.74 Å². The fourth-order valence-electron chi connectivity index (χ4n) is 3.56. The number of amides is 1. The van der Waals surface area contributed by atoms with Crippen LogP contribution in [0.1, 0.15) is 34.6 Å². The molecule has 1 aliphatic rings. The zero-order chi connectivity index (χ0) is 18.3. The van der Waals surface area contributed by atoms with Crippen LogP contribution in [0.4, 0.5) is 0 Å². The maximum Gasteiger partial charge on any atom is 0.273 e. The normalized spacial score (nSPS) is 16.0. The van der Waals surface area contributed by atoms with E-state index in [0.29, 0.717) is 23.5 Å². The van der Waals surface area contributed by atoms with Crippen molar-refractivity contribution >= 4 is 5.91 Å². The molecule has 132 valence electrons. The second-order valence-electron chi connectivity index (χ2n) is 6.15. The lowest BCUT2D eigenvalue weighted by Gasteiger charge is -2.25. The average Bonchev–Trinajstić information content (AvgIpc) is 3.21. The van der Waals surface area contributed by atoms with Gasteiger partial charge in [-0.2, -0.15) is 5.10 Å². The van der Waals surface area contributed by atoms with E-state index < -0.39 is 0 Å². The minimum absolute atomic E-state index is 0.0931. The molecule has 3 aromatic rings. The zero-order valence-corrected chi connectivity index (χ0v) is 14.6. The van der Waals surface area contributed by atoms with E-state index in [0.717, 1.165) is 16.9 Å². The predicted octanol–water partition coefficient (Wildman–Crippen LogP) is 3.36. The van der Waals surface area contributed by atoms with Crippen molar-refractivity contribution in [2.24, 2.45) is 0 Å². The number of phenols is 1. The van der Waals surface area contributed by atoms with Gasteiger partial charge in [-0.1, -0.05) is 24.3 Å². The van der Waals surface area contributed by atoms with E-state index >= 15 is 0 Å². The number of carbonyl (C=O) groups is 1. The SMILES string of the molecule is CCN1C(=O)c2[nH]nc(-c3ccccc3O)c2[C@H]1c1cccc(OC)c1. The quantitative estimate of drug-likeness (QED) is 0.757. The van der Waals surface area contributed by atoms with Gasteiger partial charge >= 0.3 is 0 Å². The molecule has 2 N–H and O–H groups in total. The lowest BCUT2D eigenvalue weighted by atomic mass is 9.95. The van der Waals surface area contributed by atoms with E-state index in [1.165, 1.54) is 0 Å². The summed E-state index contributed by atoms with van der Waals surface area (Å²) in [6, 6.07) is 14.4. The number of rotatable bonds is 4. The Morgan fingerprint density at radius 3 is 2.77 bits per heavy atom. The van der Waals surface area contributed by atoms with E-state index in [9.17, 15) is 9.90 Å². The van der Waals surface area contributed by atoms with Crippen molar-refractivity contribution in [1.82, 2.24) is 15.1 Å². The number of methoxy groups -OCH3 is 1. The number of nitrogens with zero attached hydrogens (tertiary/aromatic N) is 2. The molecule has 0 spiro atoms. The van der Waals surface area contributed by atoms with Crippen LogP contribution in [0.15, 0.2) is 48.5 Å². The highest BCUT2D eigenvalue weighted by Crippen LogP contribution is 2.44. The summed E-state index contributed by atoms with van der Waals surface area (Å²) in [7, 11) is 1.62. The molecule has 0 saturated heterocycles. The van der Waals surface area contributed by atoms with Crippen molar-refractivity contribution < 1.29 is 14.6 Å². The molecule has 26 heavy (non-hydrogen) atoms. The Balaban J connectivity index is 1.93. The molecule has 1 aliphatic heterocycles. The van der Waals surface area contributed by atoms with Gasteiger partial charge in [-0.3, -0.25) is 9.89 Å². The number of hydrogen-bond acceptors (Lipinski definition) is 4. The van der Waals surface area contributed by atoms with Crippen molar-refractivity contribution in [2.45, 2.75) is 13.0 Å². The monoisotopic (exact) mass is 349 g/mol. The standard InChI is InChI=1S/C20H19N3O3/c1-3-23-19(12-7-6-8-13(11-12)26-2)16-17(21-22-18(16)20(23)25)14-9-4-5-10-15(14)24/h4-11,19,24H,3H2,1-2H3,(H,21,22)/t19-/m1/s1. The predicted molar refractivity (Wildman–Crippen MR) is 97.2 cm³/mol. The van der Waals surface area contributed by atoms with Gasteiger partial charge < -0.3 is 14.7 Å². The van der Waals surface area contributed by atoms with Crippen LogP contribution in [-0.4, -0.2) is 39.8 Å². The summed E-state index contributed by atoms with van der Waals surface area (Å²) in [6.45, 7) is 2.51. The van der Waals surface area contributed by atoms with Gasteiger partial charge in [0.05, 0.1) is 13.2 Å². The van der Waals surface area contributed by atoms with Crippen molar-refractivity contribution in [3.05, 3.63) is 65.4 Å². The van der Waals surface area contributed by atoms with Crippen molar-refractivity contribution in [3.8, 4) is 22.8 Å². The Hall–Kier alpha value is -3.28. The summed E-state index contributed by atoms with van der Waals surface area (Å²) >= 11 is 0. The first-order valence-corrected chi connectivity index (χ1v) is 8.47. The number of aromatic amines is 1. The summed E-state index contributed by atoms with van der Waals surface area (Å²) in [5.74, 6) is 0.769. The second-order valence-corrected chi connectivity index (χ2v) is 6.15. The summed E-state index contributed by atoms with van der Waals surface area (Å²) in [5, 5.41) is 17.5. The first-order valence-electron chi connectivity index (χ1n) is 8.47. The Morgan fingerprint density at radius 2 is 2.04 bits per heavy atom. The smallest absolute Gasteiger partial charge is 0.273 e. The third-order valence-corrected chi connectivity index (χ3v) is 4.77. The highest BCUT2D eigenvalue weighted by Gasteiger charge is 2.41.